The summed E-state index contributed by atoms with van der Waals surface area (Å²) in [7, 11) is 3.36. The Morgan fingerprint density at radius 3 is 2.52 bits per heavy atom. The van der Waals surface area contributed by atoms with Crippen LogP contribution in [-0.4, -0.2) is 38.3 Å². The minimum absolute atomic E-state index is 0.425. The maximum atomic E-state index is 5.36. The van der Waals surface area contributed by atoms with Crippen molar-refractivity contribution in [2.75, 3.05) is 37.5 Å². The highest BCUT2D eigenvalue weighted by molar-refractivity contribution is 5.57. The van der Waals surface area contributed by atoms with Crippen LogP contribution in [0.25, 0.3) is 0 Å². The van der Waals surface area contributed by atoms with E-state index in [1.165, 1.54) is 0 Å². The van der Waals surface area contributed by atoms with Crippen LogP contribution >= 0.6 is 0 Å². The lowest BCUT2D eigenvalue weighted by Gasteiger charge is -2.21. The summed E-state index contributed by atoms with van der Waals surface area (Å²) in [6, 6.07) is 10.5. The lowest BCUT2D eigenvalue weighted by atomic mass is 10.2. The summed E-state index contributed by atoms with van der Waals surface area (Å²) < 4.78 is 10.7. The molecule has 5 heteroatoms. The Labute approximate surface area is 137 Å². The van der Waals surface area contributed by atoms with Crippen LogP contribution in [0.15, 0.2) is 36.5 Å². The summed E-state index contributed by atoms with van der Waals surface area (Å²) in [5.41, 5.74) is 3.30. The molecule has 5 nitrogen and oxygen atoms in total. The fourth-order valence-electron chi connectivity index (χ4n) is 2.96. The molecule has 0 bridgehead atoms. The van der Waals surface area contributed by atoms with Gasteiger partial charge in [-0.1, -0.05) is 0 Å². The molecule has 1 unspecified atom stereocenters. The number of nitrogens with zero attached hydrogens (tertiary/aromatic N) is 2. The van der Waals surface area contributed by atoms with Gasteiger partial charge in [0.2, 0.25) is 0 Å². The van der Waals surface area contributed by atoms with Gasteiger partial charge in [-0.15, -0.1) is 0 Å². The SMILES string of the molecule is COc1cc(OC)cc(N2CCC(Nc3ccnc(C)c3)C2)c1. The molecule has 1 aromatic heterocycles. The van der Waals surface area contributed by atoms with Gasteiger partial charge in [-0.25, -0.2) is 0 Å². The third kappa shape index (κ3) is 3.67. The summed E-state index contributed by atoms with van der Waals surface area (Å²) in [4.78, 5) is 6.59. The van der Waals surface area contributed by atoms with E-state index in [4.69, 9.17) is 9.47 Å². The van der Waals surface area contributed by atoms with E-state index < -0.39 is 0 Å². The van der Waals surface area contributed by atoms with Gasteiger partial charge in [0.25, 0.3) is 0 Å². The summed E-state index contributed by atoms with van der Waals surface area (Å²) in [6.45, 7) is 3.98. The van der Waals surface area contributed by atoms with Gasteiger partial charge in [-0.2, -0.15) is 0 Å². The van der Waals surface area contributed by atoms with Crippen molar-refractivity contribution in [3.8, 4) is 11.5 Å². The Bertz CT molecular complexity index is 653. The molecule has 0 saturated carbocycles. The number of ether oxygens (including phenoxy) is 2. The van der Waals surface area contributed by atoms with E-state index in [2.05, 4.69) is 33.4 Å². The molecule has 1 atom stereocenters. The maximum absolute atomic E-state index is 5.36. The first-order valence-electron chi connectivity index (χ1n) is 7.85. The Balaban J connectivity index is 1.70. The number of benzene rings is 1. The predicted octanol–water partition coefficient (Wildman–Crippen LogP) is 3.10. The Hall–Kier alpha value is -2.43. The number of aryl methyl sites for hydroxylation is 1. The van der Waals surface area contributed by atoms with Crippen molar-refractivity contribution >= 4 is 11.4 Å². The standard InChI is InChI=1S/C18H23N3O2/c1-13-8-14(4-6-19-13)20-15-5-7-21(12-15)16-9-17(22-2)11-18(10-16)23-3/h4,6,8-11,15H,5,7,12H2,1-3H3,(H,19,20). The van der Waals surface area contributed by atoms with Gasteiger partial charge in [0, 0.05) is 60.6 Å². The molecule has 23 heavy (non-hydrogen) atoms. The molecule has 0 radical (unpaired) electrons. The third-order valence-corrected chi connectivity index (χ3v) is 4.16. The summed E-state index contributed by atoms with van der Waals surface area (Å²) in [5, 5.41) is 3.59. The smallest absolute Gasteiger partial charge is 0.124 e. The highest BCUT2D eigenvalue weighted by Crippen LogP contribution is 2.31. The highest BCUT2D eigenvalue weighted by Gasteiger charge is 2.23. The molecule has 0 aliphatic carbocycles. The van der Waals surface area contributed by atoms with Crippen molar-refractivity contribution < 1.29 is 9.47 Å². The summed E-state index contributed by atoms with van der Waals surface area (Å²) >= 11 is 0. The molecule has 0 amide bonds. The molecule has 122 valence electrons. The molecular formula is C18H23N3O2. The number of hydrogen-bond acceptors (Lipinski definition) is 5. The average molecular weight is 313 g/mol. The molecule has 0 spiro atoms. The zero-order valence-corrected chi connectivity index (χ0v) is 13.9. The Morgan fingerprint density at radius 2 is 1.87 bits per heavy atom. The topological polar surface area (TPSA) is 46.6 Å². The van der Waals surface area contributed by atoms with Crippen LogP contribution in [0, 0.1) is 6.92 Å². The molecule has 1 aliphatic rings. The fourth-order valence-corrected chi connectivity index (χ4v) is 2.96. The monoisotopic (exact) mass is 313 g/mol. The number of anilines is 2. The molecule has 1 aromatic carbocycles. The van der Waals surface area contributed by atoms with Gasteiger partial charge < -0.3 is 19.7 Å². The van der Waals surface area contributed by atoms with Gasteiger partial charge in [-0.3, -0.25) is 4.98 Å². The number of aromatic nitrogens is 1. The van der Waals surface area contributed by atoms with E-state index >= 15 is 0 Å². The number of pyridine rings is 1. The molecule has 3 rings (SSSR count). The van der Waals surface area contributed by atoms with Gasteiger partial charge in [-0.05, 0) is 25.5 Å². The van der Waals surface area contributed by atoms with Gasteiger partial charge in [0.05, 0.1) is 14.2 Å². The molecule has 2 aromatic rings. The molecule has 1 saturated heterocycles. The summed E-state index contributed by atoms with van der Waals surface area (Å²) in [5.74, 6) is 1.64. The van der Waals surface area contributed by atoms with Gasteiger partial charge in [0.15, 0.2) is 0 Å². The van der Waals surface area contributed by atoms with Crippen LogP contribution < -0.4 is 19.7 Å². The average Bonchev–Trinajstić information content (AvgIpc) is 3.03. The van der Waals surface area contributed by atoms with E-state index in [0.29, 0.717) is 6.04 Å². The number of methoxy groups -OCH3 is 2. The number of nitrogens with one attached hydrogen (secondary N) is 1. The largest absolute Gasteiger partial charge is 0.497 e. The zero-order chi connectivity index (χ0) is 16.2. The highest BCUT2D eigenvalue weighted by atomic mass is 16.5. The fraction of sp³-hybridized carbons (Fsp3) is 0.389. The molecule has 1 N–H and O–H groups in total. The minimum atomic E-state index is 0.425. The van der Waals surface area contributed by atoms with E-state index in [1.807, 2.05) is 25.3 Å². The lowest BCUT2D eigenvalue weighted by molar-refractivity contribution is 0.394. The van der Waals surface area contributed by atoms with E-state index in [-0.39, 0.29) is 0 Å². The van der Waals surface area contributed by atoms with Crippen LogP contribution in [0.5, 0.6) is 11.5 Å². The van der Waals surface area contributed by atoms with Crippen molar-refractivity contribution in [2.45, 2.75) is 19.4 Å². The zero-order valence-electron chi connectivity index (χ0n) is 13.9. The molecule has 1 aliphatic heterocycles. The van der Waals surface area contributed by atoms with Crippen molar-refractivity contribution in [2.24, 2.45) is 0 Å². The quantitative estimate of drug-likeness (QED) is 0.919. The Kier molecular flexibility index (Phi) is 4.55. The maximum Gasteiger partial charge on any atom is 0.124 e. The predicted molar refractivity (Wildman–Crippen MR) is 92.8 cm³/mol. The minimum Gasteiger partial charge on any atom is -0.497 e. The van der Waals surface area contributed by atoms with Crippen LogP contribution in [-0.2, 0) is 0 Å². The molecule has 2 heterocycles. The van der Waals surface area contributed by atoms with Crippen LogP contribution in [0.3, 0.4) is 0 Å². The van der Waals surface area contributed by atoms with E-state index in [1.54, 1.807) is 14.2 Å². The van der Waals surface area contributed by atoms with Crippen LogP contribution in [0.2, 0.25) is 0 Å². The van der Waals surface area contributed by atoms with Gasteiger partial charge >= 0.3 is 0 Å². The van der Waals surface area contributed by atoms with E-state index in [9.17, 15) is 0 Å². The second kappa shape index (κ2) is 6.77. The molecule has 1 fully saturated rings. The van der Waals surface area contributed by atoms with E-state index in [0.717, 1.165) is 48.1 Å². The number of hydrogen-bond donors (Lipinski definition) is 1. The van der Waals surface area contributed by atoms with Crippen molar-refractivity contribution in [1.29, 1.82) is 0 Å². The first kappa shape index (κ1) is 15.5. The third-order valence-electron chi connectivity index (χ3n) is 4.16. The lowest BCUT2D eigenvalue weighted by Crippen LogP contribution is -2.26. The van der Waals surface area contributed by atoms with Crippen LogP contribution in [0.1, 0.15) is 12.1 Å². The second-order valence-corrected chi connectivity index (χ2v) is 5.83. The summed E-state index contributed by atoms with van der Waals surface area (Å²) in [6.07, 6.45) is 2.94. The van der Waals surface area contributed by atoms with Crippen molar-refractivity contribution in [3.05, 3.63) is 42.2 Å². The first-order chi connectivity index (χ1) is 11.2. The van der Waals surface area contributed by atoms with Gasteiger partial charge in [0.1, 0.15) is 11.5 Å². The van der Waals surface area contributed by atoms with Crippen molar-refractivity contribution in [3.63, 3.8) is 0 Å². The Morgan fingerprint density at radius 1 is 1.13 bits per heavy atom. The molecular weight excluding hydrogens is 290 g/mol. The van der Waals surface area contributed by atoms with Crippen LogP contribution in [0.4, 0.5) is 11.4 Å². The normalized spacial score (nSPS) is 17.2. The first-order valence-corrected chi connectivity index (χ1v) is 7.85. The van der Waals surface area contributed by atoms with Crippen molar-refractivity contribution in [1.82, 2.24) is 4.98 Å². The second-order valence-electron chi connectivity index (χ2n) is 5.83. The number of rotatable bonds is 5.